The Hall–Kier alpha value is -2.07. The third-order valence-electron chi connectivity index (χ3n) is 5.60. The molecule has 0 atom stereocenters. The van der Waals surface area contributed by atoms with Crippen molar-refractivity contribution >= 4 is 45.9 Å². The van der Waals surface area contributed by atoms with E-state index in [9.17, 15) is 9.59 Å². The van der Waals surface area contributed by atoms with E-state index in [0.29, 0.717) is 22.5 Å². The van der Waals surface area contributed by atoms with Crippen LogP contribution in [0.3, 0.4) is 0 Å². The number of aryl methyl sites for hydroxylation is 1. The number of hydrogen-bond acceptors (Lipinski definition) is 8. The molecular formula is C21H29N5O3S2. The zero-order valence-electron chi connectivity index (χ0n) is 18.2. The van der Waals surface area contributed by atoms with E-state index in [0.717, 1.165) is 48.5 Å². The predicted octanol–water partition coefficient (Wildman–Crippen LogP) is 4.13. The third kappa shape index (κ3) is 5.23. The number of ether oxygens (including phenoxy) is 1. The molecule has 0 bridgehead atoms. The van der Waals surface area contributed by atoms with E-state index < -0.39 is 0 Å². The molecule has 2 fully saturated rings. The minimum absolute atomic E-state index is 0.125. The lowest BCUT2D eigenvalue weighted by atomic mass is 10.00. The number of hydrogen-bond donors (Lipinski definition) is 1. The first kappa shape index (κ1) is 22.1. The summed E-state index contributed by atoms with van der Waals surface area (Å²) in [5.74, 6) is 1.48. The molecule has 2 aromatic heterocycles. The quantitative estimate of drug-likeness (QED) is 0.465. The molecule has 1 saturated carbocycles. The number of esters is 1. The number of rotatable bonds is 8. The summed E-state index contributed by atoms with van der Waals surface area (Å²) in [6.45, 7) is 8.27. The topological polar surface area (TPSA) is 89.3 Å². The van der Waals surface area contributed by atoms with Gasteiger partial charge in [0.25, 0.3) is 0 Å². The van der Waals surface area contributed by atoms with Crippen molar-refractivity contribution < 1.29 is 14.3 Å². The van der Waals surface area contributed by atoms with Gasteiger partial charge in [0.1, 0.15) is 4.88 Å². The number of anilines is 2. The van der Waals surface area contributed by atoms with Crippen LogP contribution in [-0.2, 0) is 9.53 Å². The van der Waals surface area contributed by atoms with Gasteiger partial charge in [0.2, 0.25) is 11.9 Å². The molecule has 8 nitrogen and oxygen atoms in total. The minimum Gasteiger partial charge on any atom is -0.462 e. The molecule has 10 heteroatoms. The van der Waals surface area contributed by atoms with E-state index in [-0.39, 0.29) is 17.6 Å². The molecule has 1 aliphatic heterocycles. The highest BCUT2D eigenvalue weighted by Crippen LogP contribution is 2.41. The number of piperidine rings is 1. The van der Waals surface area contributed by atoms with Gasteiger partial charge in [-0.15, -0.1) is 21.5 Å². The van der Waals surface area contributed by atoms with Crippen LogP contribution in [0.15, 0.2) is 11.2 Å². The van der Waals surface area contributed by atoms with E-state index in [1.54, 1.807) is 6.92 Å². The molecular weight excluding hydrogens is 434 g/mol. The second-order valence-corrected chi connectivity index (χ2v) is 10.2. The second kappa shape index (κ2) is 9.60. The Morgan fingerprint density at radius 2 is 2.00 bits per heavy atom. The molecule has 168 valence electrons. The highest BCUT2D eigenvalue weighted by Gasteiger charge is 2.32. The molecule has 1 amide bonds. The van der Waals surface area contributed by atoms with Crippen molar-refractivity contribution in [2.24, 2.45) is 5.92 Å². The molecule has 2 aromatic rings. The average Bonchev–Trinajstić information content (AvgIpc) is 3.39. The lowest BCUT2D eigenvalue weighted by Crippen LogP contribution is -2.34. The Morgan fingerprint density at radius 3 is 2.68 bits per heavy atom. The lowest BCUT2D eigenvalue weighted by Gasteiger charge is -2.31. The van der Waals surface area contributed by atoms with Gasteiger partial charge in [-0.1, -0.05) is 18.7 Å². The van der Waals surface area contributed by atoms with Gasteiger partial charge in [-0.3, -0.25) is 9.36 Å². The predicted molar refractivity (Wildman–Crippen MR) is 123 cm³/mol. The minimum atomic E-state index is -0.350. The van der Waals surface area contributed by atoms with Gasteiger partial charge in [-0.2, -0.15) is 0 Å². The number of carbonyl (C=O) groups is 2. The first-order valence-electron chi connectivity index (χ1n) is 10.9. The maximum atomic E-state index is 12.5. The van der Waals surface area contributed by atoms with Gasteiger partial charge in [0.15, 0.2) is 5.16 Å². The summed E-state index contributed by atoms with van der Waals surface area (Å²) >= 11 is 2.66. The fraction of sp³-hybridized carbons (Fsp3) is 0.619. The SMILES string of the molecule is CCOC(=O)c1sc(NC(=O)CSc2nnc(N3CCC(C)CC3)n2C2CC2)cc1C. The molecule has 1 aliphatic carbocycles. The van der Waals surface area contributed by atoms with Gasteiger partial charge in [-0.05, 0) is 57.1 Å². The van der Waals surface area contributed by atoms with Crippen LogP contribution in [0.1, 0.15) is 60.8 Å². The molecule has 0 radical (unpaired) electrons. The molecule has 3 heterocycles. The normalized spacial score (nSPS) is 17.1. The largest absolute Gasteiger partial charge is 0.462 e. The number of thioether (sulfide) groups is 1. The summed E-state index contributed by atoms with van der Waals surface area (Å²) in [4.78, 5) is 27.4. The summed E-state index contributed by atoms with van der Waals surface area (Å²) in [7, 11) is 0. The number of nitrogens with one attached hydrogen (secondary N) is 1. The van der Waals surface area contributed by atoms with Crippen LogP contribution in [0, 0.1) is 12.8 Å². The maximum absolute atomic E-state index is 12.5. The van der Waals surface area contributed by atoms with Crippen LogP contribution in [0.2, 0.25) is 0 Å². The molecule has 1 N–H and O–H groups in total. The zero-order chi connectivity index (χ0) is 22.0. The summed E-state index contributed by atoms with van der Waals surface area (Å²) in [6.07, 6.45) is 4.63. The molecule has 2 aliphatic rings. The Kier molecular flexibility index (Phi) is 6.86. The van der Waals surface area contributed by atoms with Crippen molar-refractivity contribution in [3.05, 3.63) is 16.5 Å². The van der Waals surface area contributed by atoms with Crippen molar-refractivity contribution in [2.75, 3.05) is 35.7 Å². The van der Waals surface area contributed by atoms with Crippen molar-refractivity contribution in [1.82, 2.24) is 14.8 Å². The summed E-state index contributed by atoms with van der Waals surface area (Å²) < 4.78 is 7.29. The van der Waals surface area contributed by atoms with Crippen molar-refractivity contribution in [1.29, 1.82) is 0 Å². The molecule has 0 spiro atoms. The van der Waals surface area contributed by atoms with Gasteiger partial charge in [-0.25, -0.2) is 4.79 Å². The number of thiophene rings is 1. The van der Waals surface area contributed by atoms with Gasteiger partial charge in [0.05, 0.1) is 17.4 Å². The number of amides is 1. The van der Waals surface area contributed by atoms with Crippen LogP contribution in [0.5, 0.6) is 0 Å². The van der Waals surface area contributed by atoms with E-state index in [2.05, 4.69) is 31.9 Å². The van der Waals surface area contributed by atoms with Crippen LogP contribution in [-0.4, -0.2) is 52.1 Å². The second-order valence-electron chi connectivity index (χ2n) is 8.23. The molecule has 0 unspecified atom stereocenters. The Balaban J connectivity index is 1.38. The number of carbonyl (C=O) groups excluding carboxylic acids is 2. The van der Waals surface area contributed by atoms with E-state index in [1.807, 2.05) is 13.0 Å². The molecule has 0 aromatic carbocycles. The number of aromatic nitrogens is 3. The fourth-order valence-corrected chi connectivity index (χ4v) is 5.47. The molecule has 31 heavy (non-hydrogen) atoms. The summed E-state index contributed by atoms with van der Waals surface area (Å²) in [5.41, 5.74) is 0.806. The van der Waals surface area contributed by atoms with Crippen molar-refractivity contribution in [3.63, 3.8) is 0 Å². The summed E-state index contributed by atoms with van der Waals surface area (Å²) in [5, 5.41) is 13.2. The molecule has 1 saturated heterocycles. The monoisotopic (exact) mass is 463 g/mol. The highest BCUT2D eigenvalue weighted by atomic mass is 32.2. The Morgan fingerprint density at radius 1 is 1.26 bits per heavy atom. The lowest BCUT2D eigenvalue weighted by molar-refractivity contribution is -0.113. The molecule has 4 rings (SSSR count). The fourth-order valence-electron chi connectivity index (χ4n) is 3.69. The van der Waals surface area contributed by atoms with Gasteiger partial charge in [0, 0.05) is 19.1 Å². The third-order valence-corrected chi connectivity index (χ3v) is 7.67. The first-order valence-corrected chi connectivity index (χ1v) is 12.7. The average molecular weight is 464 g/mol. The summed E-state index contributed by atoms with van der Waals surface area (Å²) in [6, 6.07) is 2.25. The van der Waals surface area contributed by atoms with Gasteiger partial charge >= 0.3 is 5.97 Å². The van der Waals surface area contributed by atoms with E-state index in [1.165, 1.54) is 35.9 Å². The maximum Gasteiger partial charge on any atom is 0.348 e. The first-order chi connectivity index (χ1) is 15.0. The Labute approximate surface area is 190 Å². The van der Waals surface area contributed by atoms with Gasteiger partial charge < -0.3 is 15.0 Å². The zero-order valence-corrected chi connectivity index (χ0v) is 19.9. The van der Waals surface area contributed by atoms with Crippen LogP contribution >= 0.6 is 23.1 Å². The van der Waals surface area contributed by atoms with Crippen molar-refractivity contribution in [2.45, 2.75) is 57.7 Å². The Bertz CT molecular complexity index is 945. The standard InChI is InChI=1S/C21H29N5O3S2/c1-4-29-19(28)18-14(3)11-17(31-18)22-16(27)12-30-21-24-23-20(26(21)15-5-6-15)25-9-7-13(2)8-10-25/h11,13,15H,4-10,12H2,1-3H3,(H,22,27). The van der Waals surface area contributed by atoms with Crippen molar-refractivity contribution in [3.8, 4) is 0 Å². The van der Waals surface area contributed by atoms with E-state index in [4.69, 9.17) is 4.74 Å². The smallest absolute Gasteiger partial charge is 0.348 e. The highest BCUT2D eigenvalue weighted by molar-refractivity contribution is 7.99. The van der Waals surface area contributed by atoms with Crippen LogP contribution in [0.4, 0.5) is 10.9 Å². The van der Waals surface area contributed by atoms with Crippen LogP contribution < -0.4 is 10.2 Å². The number of nitrogens with zero attached hydrogens (tertiary/aromatic N) is 4. The van der Waals surface area contributed by atoms with E-state index >= 15 is 0 Å². The van der Waals surface area contributed by atoms with Crippen LogP contribution in [0.25, 0.3) is 0 Å².